The number of carbonyl (C=O) groups excluding carboxylic acids is 1. The van der Waals surface area contributed by atoms with Crippen LogP contribution in [0.4, 0.5) is 17.6 Å². The highest BCUT2D eigenvalue weighted by molar-refractivity contribution is 7.89. The summed E-state index contributed by atoms with van der Waals surface area (Å²) in [5.74, 6) is -4.80. The van der Waals surface area contributed by atoms with Gasteiger partial charge in [-0.25, -0.2) is 21.9 Å². The minimum absolute atomic E-state index is 0.0981. The Morgan fingerprint density at radius 2 is 1.95 bits per heavy atom. The quantitative estimate of drug-likeness (QED) is 0.618. The van der Waals surface area contributed by atoms with Gasteiger partial charge in [0.1, 0.15) is 0 Å². The van der Waals surface area contributed by atoms with Crippen molar-refractivity contribution in [1.82, 2.24) is 4.72 Å². The monoisotopic (exact) mass is 327 g/mol. The zero-order valence-electron chi connectivity index (χ0n) is 10.9. The molecule has 1 aromatic rings. The van der Waals surface area contributed by atoms with E-state index >= 15 is 0 Å². The van der Waals surface area contributed by atoms with Gasteiger partial charge in [0, 0.05) is 12.0 Å². The first-order chi connectivity index (χ1) is 9.60. The van der Waals surface area contributed by atoms with Crippen LogP contribution in [0.15, 0.2) is 29.2 Å². The second-order valence-electron chi connectivity index (χ2n) is 4.19. The van der Waals surface area contributed by atoms with Crippen molar-refractivity contribution in [3.63, 3.8) is 0 Å². The molecule has 1 aromatic carbocycles. The van der Waals surface area contributed by atoms with Gasteiger partial charge in [-0.3, -0.25) is 4.79 Å². The van der Waals surface area contributed by atoms with Crippen molar-refractivity contribution >= 4 is 15.8 Å². The lowest BCUT2D eigenvalue weighted by atomic mass is 10.1. The summed E-state index contributed by atoms with van der Waals surface area (Å²) in [6.07, 6.45) is -3.84. The molecule has 0 aromatic heterocycles. The van der Waals surface area contributed by atoms with Crippen LogP contribution < -0.4 is 4.72 Å². The van der Waals surface area contributed by atoms with Crippen LogP contribution in [-0.4, -0.2) is 33.1 Å². The number of carbonyl (C=O) groups is 1. The van der Waals surface area contributed by atoms with Gasteiger partial charge < -0.3 is 0 Å². The molecule has 0 heterocycles. The van der Waals surface area contributed by atoms with E-state index in [2.05, 4.69) is 0 Å². The van der Waals surface area contributed by atoms with Crippen LogP contribution in [0.2, 0.25) is 0 Å². The van der Waals surface area contributed by atoms with Gasteiger partial charge in [0.05, 0.1) is 11.4 Å². The van der Waals surface area contributed by atoms with Crippen molar-refractivity contribution in [1.29, 1.82) is 0 Å². The molecule has 0 aliphatic heterocycles. The molecular weight excluding hydrogens is 314 g/mol. The third-order valence-electron chi connectivity index (χ3n) is 2.60. The lowest BCUT2D eigenvalue weighted by molar-refractivity contribution is -0.122. The molecule has 1 rings (SSSR count). The van der Waals surface area contributed by atoms with E-state index in [0.717, 1.165) is 12.1 Å². The maximum Gasteiger partial charge on any atom is 0.320 e. The molecule has 0 amide bonds. The summed E-state index contributed by atoms with van der Waals surface area (Å²) in [7, 11) is -4.41. The lowest BCUT2D eigenvalue weighted by Crippen LogP contribution is -2.41. The minimum atomic E-state index is -4.47. The molecule has 9 heteroatoms. The number of rotatable bonds is 7. The second kappa shape index (κ2) is 6.52. The fourth-order valence-electron chi connectivity index (χ4n) is 1.39. The molecule has 0 atom stereocenters. The Balaban J connectivity index is 2.96. The highest BCUT2D eigenvalue weighted by atomic mass is 32.2. The van der Waals surface area contributed by atoms with Crippen LogP contribution in [0.25, 0.3) is 0 Å². The van der Waals surface area contributed by atoms with E-state index in [1.807, 2.05) is 0 Å². The predicted octanol–water partition coefficient (Wildman–Crippen LogP) is 2.46. The van der Waals surface area contributed by atoms with E-state index in [9.17, 15) is 30.8 Å². The number of alkyl halides is 4. The van der Waals surface area contributed by atoms with E-state index in [1.54, 1.807) is 6.92 Å². The van der Waals surface area contributed by atoms with E-state index in [0.29, 0.717) is 0 Å². The summed E-state index contributed by atoms with van der Waals surface area (Å²) < 4.78 is 74.3. The van der Waals surface area contributed by atoms with Gasteiger partial charge >= 0.3 is 12.3 Å². The van der Waals surface area contributed by atoms with Gasteiger partial charge in [0.15, 0.2) is 5.78 Å². The van der Waals surface area contributed by atoms with Gasteiger partial charge in [0.25, 0.3) is 0 Å². The summed E-state index contributed by atoms with van der Waals surface area (Å²) in [6.45, 7) is -0.149. The summed E-state index contributed by atoms with van der Waals surface area (Å²) in [4.78, 5) is 11.0. The molecule has 0 aliphatic carbocycles. The van der Waals surface area contributed by atoms with Gasteiger partial charge in [0.2, 0.25) is 10.0 Å². The van der Waals surface area contributed by atoms with Crippen LogP contribution in [0, 0.1) is 0 Å². The molecule has 0 saturated heterocycles. The first-order valence-corrected chi connectivity index (χ1v) is 7.37. The van der Waals surface area contributed by atoms with E-state index in [1.165, 1.54) is 16.9 Å². The number of Topliss-reactive ketones (excluding diaryl/α,β-unsaturated/α-hetero) is 1. The van der Waals surface area contributed by atoms with Crippen molar-refractivity contribution in [2.75, 3.05) is 6.54 Å². The predicted molar refractivity (Wildman–Crippen MR) is 67.2 cm³/mol. The molecule has 21 heavy (non-hydrogen) atoms. The smallest absolute Gasteiger partial charge is 0.294 e. The molecule has 0 aliphatic rings. The Hall–Kier alpha value is -1.48. The molecule has 0 spiro atoms. The number of hydrogen-bond donors (Lipinski definition) is 1. The second-order valence-corrected chi connectivity index (χ2v) is 5.96. The van der Waals surface area contributed by atoms with Crippen molar-refractivity contribution < 1.29 is 30.8 Å². The minimum Gasteiger partial charge on any atom is -0.294 e. The number of ketones is 1. The highest BCUT2D eigenvalue weighted by Gasteiger charge is 2.41. The van der Waals surface area contributed by atoms with Crippen molar-refractivity contribution in [3.8, 4) is 0 Å². The summed E-state index contributed by atoms with van der Waals surface area (Å²) in [6, 6.07) is 4.73. The molecule has 0 unspecified atom stereocenters. The Morgan fingerprint density at radius 3 is 2.48 bits per heavy atom. The van der Waals surface area contributed by atoms with E-state index < -0.39 is 33.8 Å². The first kappa shape index (κ1) is 17.6. The maximum absolute atomic E-state index is 12.7. The summed E-state index contributed by atoms with van der Waals surface area (Å²) >= 11 is 0. The van der Waals surface area contributed by atoms with Crippen LogP contribution in [0.5, 0.6) is 0 Å². The fraction of sp³-hybridized carbons (Fsp3) is 0.417. The third-order valence-corrected chi connectivity index (χ3v) is 4.00. The molecular formula is C12H13F4NO3S. The van der Waals surface area contributed by atoms with E-state index in [4.69, 9.17) is 0 Å². The number of hydrogen-bond acceptors (Lipinski definition) is 3. The largest absolute Gasteiger partial charge is 0.320 e. The first-order valence-electron chi connectivity index (χ1n) is 5.89. The number of sulfonamides is 1. The molecule has 0 fully saturated rings. The van der Waals surface area contributed by atoms with Crippen LogP contribution >= 0.6 is 0 Å². The fourth-order valence-corrected chi connectivity index (χ4v) is 2.48. The number of halogens is 4. The molecule has 0 radical (unpaired) electrons. The Labute approximate surface area is 119 Å². The van der Waals surface area contributed by atoms with Crippen LogP contribution in [0.1, 0.15) is 23.7 Å². The van der Waals surface area contributed by atoms with E-state index in [-0.39, 0.29) is 17.8 Å². The average molecular weight is 327 g/mol. The number of nitrogens with one attached hydrogen (secondary N) is 1. The normalized spacial score (nSPS) is 12.7. The molecule has 1 N–H and O–H groups in total. The summed E-state index contributed by atoms with van der Waals surface area (Å²) in [5.41, 5.74) is 0.0981. The highest BCUT2D eigenvalue weighted by Crippen LogP contribution is 2.22. The molecule has 118 valence electrons. The SMILES string of the molecule is CCC(=O)c1cccc(S(=O)(=O)NCC(F)(F)C(F)F)c1. The topological polar surface area (TPSA) is 63.2 Å². The maximum atomic E-state index is 12.7. The zero-order valence-corrected chi connectivity index (χ0v) is 11.8. The van der Waals surface area contributed by atoms with Gasteiger partial charge in [-0.1, -0.05) is 19.1 Å². The third kappa shape index (κ3) is 4.50. The van der Waals surface area contributed by atoms with Crippen molar-refractivity contribution in [2.45, 2.75) is 30.6 Å². The molecule has 4 nitrogen and oxygen atoms in total. The van der Waals surface area contributed by atoms with Gasteiger partial charge in [-0.2, -0.15) is 8.78 Å². The Bertz CT molecular complexity index is 617. The Kier molecular flexibility index (Phi) is 5.46. The Morgan fingerprint density at radius 1 is 1.33 bits per heavy atom. The van der Waals surface area contributed by atoms with Crippen molar-refractivity contribution in [2.24, 2.45) is 0 Å². The van der Waals surface area contributed by atoms with Gasteiger partial charge in [-0.15, -0.1) is 0 Å². The molecule has 0 bridgehead atoms. The zero-order chi connectivity index (χ0) is 16.3. The van der Waals surface area contributed by atoms with Crippen LogP contribution in [0.3, 0.4) is 0 Å². The average Bonchev–Trinajstić information content (AvgIpc) is 2.44. The van der Waals surface area contributed by atoms with Gasteiger partial charge in [-0.05, 0) is 12.1 Å². The number of benzene rings is 1. The lowest BCUT2D eigenvalue weighted by Gasteiger charge is -2.16. The standard InChI is InChI=1S/C12H13F4NO3S/c1-2-10(18)8-4-3-5-9(6-8)21(19,20)17-7-12(15,16)11(13)14/h3-6,11,17H,2,7H2,1H3. The van der Waals surface area contributed by atoms with Crippen molar-refractivity contribution in [3.05, 3.63) is 29.8 Å². The van der Waals surface area contributed by atoms with Crippen LogP contribution in [-0.2, 0) is 10.0 Å². The summed E-state index contributed by atoms with van der Waals surface area (Å²) in [5, 5.41) is 0. The molecule has 0 saturated carbocycles.